The summed E-state index contributed by atoms with van der Waals surface area (Å²) in [6.07, 6.45) is 0. The summed E-state index contributed by atoms with van der Waals surface area (Å²) in [4.78, 5) is 10.8. The van der Waals surface area contributed by atoms with E-state index in [0.29, 0.717) is 15.6 Å². The van der Waals surface area contributed by atoms with Gasteiger partial charge < -0.3 is 5.73 Å². The summed E-state index contributed by atoms with van der Waals surface area (Å²) in [5, 5.41) is -0.00590. The van der Waals surface area contributed by atoms with Crippen molar-refractivity contribution in [3.8, 4) is 0 Å². The van der Waals surface area contributed by atoms with Crippen molar-refractivity contribution < 1.29 is 4.79 Å². The van der Waals surface area contributed by atoms with E-state index < -0.39 is 11.2 Å². The highest BCUT2D eigenvalue weighted by Crippen LogP contribution is 2.32. The maximum atomic E-state index is 10.8. The normalized spacial score (nSPS) is 12.5. The Labute approximate surface area is 91.4 Å². The molecule has 1 unspecified atom stereocenters. The second-order valence-electron chi connectivity index (χ2n) is 2.45. The molecule has 0 fully saturated rings. The number of hydrogen-bond donors (Lipinski definition) is 2. The van der Waals surface area contributed by atoms with E-state index in [4.69, 9.17) is 28.9 Å². The quantitative estimate of drug-likeness (QED) is 0.761. The molecule has 1 rings (SSSR count). The van der Waals surface area contributed by atoms with Crippen LogP contribution in [-0.2, 0) is 4.79 Å². The molecule has 0 bridgehead atoms. The van der Waals surface area contributed by atoms with Gasteiger partial charge in [-0.3, -0.25) is 4.79 Å². The van der Waals surface area contributed by atoms with Crippen molar-refractivity contribution in [1.29, 1.82) is 0 Å². The van der Waals surface area contributed by atoms with Gasteiger partial charge in [0.05, 0.1) is 10.0 Å². The fourth-order valence-electron chi connectivity index (χ4n) is 0.885. The first-order valence-electron chi connectivity index (χ1n) is 3.45. The van der Waals surface area contributed by atoms with Crippen LogP contribution in [0.4, 0.5) is 0 Å². The SMILES string of the molecule is NC(=O)C(S)c1cccc(Cl)c1Cl. The molecule has 1 aromatic rings. The Hall–Kier alpha value is -0.380. The first kappa shape index (κ1) is 10.7. The molecule has 0 saturated carbocycles. The van der Waals surface area contributed by atoms with E-state index in [-0.39, 0.29) is 0 Å². The van der Waals surface area contributed by atoms with Crippen LogP contribution in [0, 0.1) is 0 Å². The number of carbonyl (C=O) groups is 1. The fourth-order valence-corrected chi connectivity index (χ4v) is 1.59. The Morgan fingerprint density at radius 1 is 1.46 bits per heavy atom. The minimum absolute atomic E-state index is 0.322. The van der Waals surface area contributed by atoms with Gasteiger partial charge >= 0.3 is 0 Å². The second-order valence-corrected chi connectivity index (χ2v) is 3.75. The maximum absolute atomic E-state index is 10.8. The van der Waals surface area contributed by atoms with Crippen molar-refractivity contribution >= 4 is 41.7 Å². The van der Waals surface area contributed by atoms with Gasteiger partial charge in [0.25, 0.3) is 0 Å². The third kappa shape index (κ3) is 2.30. The van der Waals surface area contributed by atoms with Crippen LogP contribution in [0.2, 0.25) is 10.0 Å². The average Bonchev–Trinajstić information content (AvgIpc) is 2.08. The topological polar surface area (TPSA) is 43.1 Å². The van der Waals surface area contributed by atoms with Gasteiger partial charge in [0.2, 0.25) is 5.91 Å². The maximum Gasteiger partial charge on any atom is 0.234 e. The Morgan fingerprint density at radius 3 is 2.62 bits per heavy atom. The lowest BCUT2D eigenvalue weighted by atomic mass is 10.1. The lowest BCUT2D eigenvalue weighted by Crippen LogP contribution is -2.17. The van der Waals surface area contributed by atoms with Crippen LogP contribution >= 0.6 is 35.8 Å². The van der Waals surface area contributed by atoms with Gasteiger partial charge in [-0.1, -0.05) is 35.3 Å². The zero-order chi connectivity index (χ0) is 10.0. The number of rotatable bonds is 2. The van der Waals surface area contributed by atoms with Crippen LogP contribution < -0.4 is 5.73 Å². The number of halogens is 2. The molecular weight excluding hydrogens is 229 g/mol. The van der Waals surface area contributed by atoms with Crippen molar-refractivity contribution in [2.45, 2.75) is 5.25 Å². The van der Waals surface area contributed by atoms with E-state index in [2.05, 4.69) is 12.6 Å². The van der Waals surface area contributed by atoms with Gasteiger partial charge in [0.1, 0.15) is 5.25 Å². The first-order valence-corrected chi connectivity index (χ1v) is 4.72. The molecule has 1 amide bonds. The van der Waals surface area contributed by atoms with Crippen molar-refractivity contribution in [2.75, 3.05) is 0 Å². The van der Waals surface area contributed by atoms with E-state index in [0.717, 1.165) is 0 Å². The van der Waals surface area contributed by atoms with Gasteiger partial charge in [-0.05, 0) is 11.6 Å². The third-order valence-corrected chi connectivity index (χ3v) is 2.91. The zero-order valence-electron chi connectivity index (χ0n) is 6.50. The number of benzene rings is 1. The molecule has 5 heteroatoms. The smallest absolute Gasteiger partial charge is 0.234 e. The van der Waals surface area contributed by atoms with Gasteiger partial charge in [-0.25, -0.2) is 0 Å². The number of carbonyl (C=O) groups excluding carboxylic acids is 1. The third-order valence-electron chi connectivity index (χ3n) is 1.55. The Kier molecular flexibility index (Phi) is 3.47. The van der Waals surface area contributed by atoms with E-state index >= 15 is 0 Å². The van der Waals surface area contributed by atoms with Crippen molar-refractivity contribution in [1.82, 2.24) is 0 Å². The molecule has 0 aromatic heterocycles. The fraction of sp³-hybridized carbons (Fsp3) is 0.125. The number of nitrogens with two attached hydrogens (primary N) is 1. The second kappa shape index (κ2) is 4.22. The standard InChI is InChI=1S/C8H7Cl2NOS/c9-5-3-1-2-4(6(5)10)7(13)8(11)12/h1-3,7,13H,(H2,11,12). The molecule has 1 aromatic carbocycles. The first-order chi connectivity index (χ1) is 6.04. The molecule has 1 atom stereocenters. The summed E-state index contributed by atoms with van der Waals surface area (Å²) in [5.74, 6) is -0.549. The molecule has 0 radical (unpaired) electrons. The highest BCUT2D eigenvalue weighted by atomic mass is 35.5. The van der Waals surface area contributed by atoms with E-state index in [1.807, 2.05) is 0 Å². The van der Waals surface area contributed by atoms with Crippen LogP contribution in [0.5, 0.6) is 0 Å². The van der Waals surface area contributed by atoms with E-state index in [1.54, 1.807) is 18.2 Å². The molecular formula is C8H7Cl2NOS. The molecule has 0 aliphatic carbocycles. The largest absolute Gasteiger partial charge is 0.368 e. The summed E-state index contributed by atoms with van der Waals surface area (Å²) < 4.78 is 0. The van der Waals surface area contributed by atoms with Gasteiger partial charge in [0.15, 0.2) is 0 Å². The molecule has 0 heterocycles. The van der Waals surface area contributed by atoms with Crippen LogP contribution in [0.15, 0.2) is 18.2 Å². The van der Waals surface area contributed by atoms with Gasteiger partial charge in [-0.2, -0.15) is 12.6 Å². The Morgan fingerprint density at radius 2 is 2.08 bits per heavy atom. The lowest BCUT2D eigenvalue weighted by molar-refractivity contribution is -0.117. The van der Waals surface area contributed by atoms with Crippen LogP contribution in [0.1, 0.15) is 10.8 Å². The molecule has 0 aliphatic rings. The minimum Gasteiger partial charge on any atom is -0.368 e. The molecule has 13 heavy (non-hydrogen) atoms. The van der Waals surface area contributed by atoms with Crippen molar-refractivity contribution in [2.24, 2.45) is 5.73 Å². The van der Waals surface area contributed by atoms with Crippen molar-refractivity contribution in [3.05, 3.63) is 33.8 Å². The average molecular weight is 236 g/mol. The Balaban J connectivity index is 3.15. The summed E-state index contributed by atoms with van der Waals surface area (Å²) in [7, 11) is 0. The number of primary amides is 1. The van der Waals surface area contributed by atoms with E-state index in [1.165, 1.54) is 0 Å². The summed E-state index contributed by atoms with van der Waals surface area (Å²) in [5.41, 5.74) is 5.60. The van der Waals surface area contributed by atoms with Crippen LogP contribution in [-0.4, -0.2) is 5.91 Å². The minimum atomic E-state index is -0.716. The van der Waals surface area contributed by atoms with Crippen LogP contribution in [0.25, 0.3) is 0 Å². The monoisotopic (exact) mass is 235 g/mol. The number of thiol groups is 1. The lowest BCUT2D eigenvalue weighted by Gasteiger charge is -2.09. The number of hydrogen-bond acceptors (Lipinski definition) is 2. The van der Waals surface area contributed by atoms with Gasteiger partial charge in [-0.15, -0.1) is 0 Å². The molecule has 2 nitrogen and oxygen atoms in total. The van der Waals surface area contributed by atoms with Crippen molar-refractivity contribution in [3.63, 3.8) is 0 Å². The summed E-state index contributed by atoms with van der Waals surface area (Å²) in [6.45, 7) is 0. The predicted molar refractivity (Wildman–Crippen MR) is 57.4 cm³/mol. The molecule has 70 valence electrons. The summed E-state index contributed by atoms with van der Waals surface area (Å²) >= 11 is 15.6. The zero-order valence-corrected chi connectivity index (χ0v) is 8.90. The molecule has 0 saturated heterocycles. The number of amides is 1. The van der Waals surface area contributed by atoms with Crippen LogP contribution in [0.3, 0.4) is 0 Å². The highest BCUT2D eigenvalue weighted by molar-refractivity contribution is 7.81. The molecule has 0 spiro atoms. The summed E-state index contributed by atoms with van der Waals surface area (Å²) in [6, 6.07) is 4.99. The molecule has 2 N–H and O–H groups in total. The van der Waals surface area contributed by atoms with Gasteiger partial charge in [0, 0.05) is 0 Å². The Bertz CT molecular complexity index is 343. The predicted octanol–water partition coefficient (Wildman–Crippen LogP) is 2.45. The highest BCUT2D eigenvalue weighted by Gasteiger charge is 2.16. The molecule has 0 aliphatic heterocycles. The van der Waals surface area contributed by atoms with E-state index in [9.17, 15) is 4.79 Å².